The molecular weight excluding hydrogens is 474 g/mol. The molecule has 204 valence electrons. The van der Waals surface area contributed by atoms with Crippen molar-refractivity contribution < 1.29 is 28.6 Å². The van der Waals surface area contributed by atoms with E-state index in [9.17, 15) is 14.4 Å². The van der Waals surface area contributed by atoms with Crippen molar-refractivity contribution in [3.63, 3.8) is 0 Å². The number of nitrogens with two attached hydrogens (primary N) is 1. The van der Waals surface area contributed by atoms with E-state index in [1.54, 1.807) is 45.9 Å². The van der Waals surface area contributed by atoms with E-state index in [0.29, 0.717) is 29.1 Å². The zero-order valence-corrected chi connectivity index (χ0v) is 23.1. The molecule has 0 radical (unpaired) electrons. The Morgan fingerprint density at radius 1 is 1.14 bits per heavy atom. The average molecular weight is 516 g/mol. The molecule has 1 fully saturated rings. The Morgan fingerprint density at radius 3 is 2.32 bits per heavy atom. The third-order valence-corrected chi connectivity index (χ3v) is 5.62. The Morgan fingerprint density at radius 2 is 1.78 bits per heavy atom. The number of rotatable bonds is 12. The number of nitrogens with one attached hydrogen (secondary N) is 1. The predicted octanol–water partition coefficient (Wildman–Crippen LogP) is 4.04. The zero-order valence-electron chi connectivity index (χ0n) is 23.1. The summed E-state index contributed by atoms with van der Waals surface area (Å²) in [6, 6.07) is 4.99. The van der Waals surface area contributed by atoms with Gasteiger partial charge >= 0.3 is 11.9 Å². The van der Waals surface area contributed by atoms with Crippen molar-refractivity contribution in [2.45, 2.75) is 72.4 Å². The summed E-state index contributed by atoms with van der Waals surface area (Å²) in [6.45, 7) is 11.0. The van der Waals surface area contributed by atoms with Crippen LogP contribution in [-0.4, -0.2) is 61.3 Å². The summed E-state index contributed by atoms with van der Waals surface area (Å²) in [4.78, 5) is 40.9. The lowest BCUT2D eigenvalue weighted by Gasteiger charge is -2.29. The Kier molecular flexibility index (Phi) is 10.7. The van der Waals surface area contributed by atoms with Crippen molar-refractivity contribution in [3.05, 3.63) is 46.7 Å². The molecule has 1 saturated carbocycles. The summed E-state index contributed by atoms with van der Waals surface area (Å²) in [5, 5.41) is 3.34. The molecule has 0 atom stereocenters. The van der Waals surface area contributed by atoms with Gasteiger partial charge in [-0.2, -0.15) is 0 Å². The summed E-state index contributed by atoms with van der Waals surface area (Å²) in [7, 11) is 1.52. The highest BCUT2D eigenvalue weighted by Gasteiger charge is 2.32. The van der Waals surface area contributed by atoms with Crippen LogP contribution in [0.2, 0.25) is 0 Å². The van der Waals surface area contributed by atoms with Crippen LogP contribution in [0.5, 0.6) is 0 Å². The summed E-state index contributed by atoms with van der Waals surface area (Å²) in [6.07, 6.45) is 4.36. The van der Waals surface area contributed by atoms with Crippen molar-refractivity contribution in [1.82, 2.24) is 10.2 Å². The van der Waals surface area contributed by atoms with Crippen LogP contribution in [-0.2, 0) is 23.8 Å². The number of anilines is 1. The zero-order chi connectivity index (χ0) is 27.8. The molecule has 9 heteroatoms. The molecule has 0 bridgehead atoms. The van der Waals surface area contributed by atoms with Gasteiger partial charge in [-0.15, -0.1) is 0 Å². The number of ether oxygens (including phenoxy) is 3. The van der Waals surface area contributed by atoms with Crippen LogP contribution in [0, 0.1) is 0 Å². The number of nitrogens with zero attached hydrogens (tertiary/aromatic N) is 1. The summed E-state index contributed by atoms with van der Waals surface area (Å²) < 4.78 is 15.7. The molecule has 1 aromatic carbocycles. The minimum Gasteiger partial charge on any atom is -0.460 e. The van der Waals surface area contributed by atoms with Crippen molar-refractivity contribution in [1.29, 1.82) is 0 Å². The molecule has 9 nitrogen and oxygen atoms in total. The van der Waals surface area contributed by atoms with Gasteiger partial charge in [0.25, 0.3) is 5.91 Å². The van der Waals surface area contributed by atoms with Crippen LogP contribution < -0.4 is 11.1 Å². The molecule has 1 aliphatic carbocycles. The summed E-state index contributed by atoms with van der Waals surface area (Å²) in [5.41, 5.74) is 8.23. The van der Waals surface area contributed by atoms with Gasteiger partial charge in [0.15, 0.2) is 0 Å². The smallest absolute Gasteiger partial charge is 0.338 e. The first kappa shape index (κ1) is 29.9. The Labute approximate surface area is 220 Å². The first-order valence-electron chi connectivity index (χ1n) is 12.6. The fourth-order valence-corrected chi connectivity index (χ4v) is 3.58. The van der Waals surface area contributed by atoms with Gasteiger partial charge in [0.1, 0.15) is 18.8 Å². The third-order valence-electron chi connectivity index (χ3n) is 5.62. The molecule has 0 aliphatic heterocycles. The number of hydrogen-bond acceptors (Lipinski definition) is 8. The molecular formula is C28H41N3O6. The molecule has 0 unspecified atom stereocenters. The van der Waals surface area contributed by atoms with Crippen LogP contribution in [0.4, 0.5) is 5.69 Å². The van der Waals surface area contributed by atoms with Crippen LogP contribution in [0.1, 0.15) is 76.7 Å². The first-order valence-corrected chi connectivity index (χ1v) is 12.6. The molecule has 0 spiro atoms. The number of benzene rings is 1. The standard InChI is InChI=1S/C28H41N3O6/c1-8-18(3)25(30-22-10-11-22)26(33)31(17-24(32)37-28(4,5)6)23(9-2)19-14-20(16-21(29)15-19)27(34)36-13-12-35-7/h9,14-16,22,30H,8,10-13,17,29H2,1-7H3/b23-9-,25-18-. The number of esters is 2. The highest BCUT2D eigenvalue weighted by atomic mass is 16.6. The SMILES string of the molecule is C/C=C(/c1cc(N)cc(C(=O)OCCOC)c1)N(CC(=O)OC(C)(C)C)C(=O)/C(NC1CC1)=C(\C)CC. The monoisotopic (exact) mass is 515 g/mol. The summed E-state index contributed by atoms with van der Waals surface area (Å²) >= 11 is 0. The van der Waals surface area contributed by atoms with Gasteiger partial charge in [-0.3, -0.25) is 14.5 Å². The maximum Gasteiger partial charge on any atom is 0.338 e. The minimum atomic E-state index is -0.720. The second-order valence-electron chi connectivity index (χ2n) is 10.1. The van der Waals surface area contributed by atoms with E-state index in [-0.39, 0.29) is 37.3 Å². The van der Waals surface area contributed by atoms with Gasteiger partial charge in [-0.05, 0) is 77.7 Å². The summed E-state index contributed by atoms with van der Waals surface area (Å²) in [5.74, 6) is -1.47. The number of methoxy groups -OCH3 is 1. The number of hydrogen-bond donors (Lipinski definition) is 2. The maximum absolute atomic E-state index is 14.0. The fraction of sp³-hybridized carbons (Fsp3) is 0.536. The van der Waals surface area contributed by atoms with E-state index in [1.807, 2.05) is 13.8 Å². The minimum absolute atomic E-state index is 0.0937. The van der Waals surface area contributed by atoms with Crippen LogP contribution in [0.25, 0.3) is 5.70 Å². The third kappa shape index (κ3) is 9.24. The van der Waals surface area contributed by atoms with Gasteiger partial charge in [-0.25, -0.2) is 4.79 Å². The Bertz CT molecular complexity index is 1050. The van der Waals surface area contributed by atoms with E-state index < -0.39 is 17.5 Å². The average Bonchev–Trinajstić information content (AvgIpc) is 3.64. The molecule has 1 amide bonds. The molecule has 0 aromatic heterocycles. The quantitative estimate of drug-likeness (QED) is 0.185. The van der Waals surface area contributed by atoms with Crippen molar-refractivity contribution >= 4 is 29.2 Å². The lowest BCUT2D eigenvalue weighted by Crippen LogP contribution is -2.41. The van der Waals surface area contributed by atoms with Crippen LogP contribution in [0.15, 0.2) is 35.5 Å². The van der Waals surface area contributed by atoms with Gasteiger partial charge in [-0.1, -0.05) is 13.0 Å². The van der Waals surface area contributed by atoms with Gasteiger partial charge in [0, 0.05) is 30.1 Å². The normalized spacial score (nSPS) is 14.5. The highest BCUT2D eigenvalue weighted by Crippen LogP contribution is 2.28. The Hall–Kier alpha value is -3.33. The molecule has 1 aliphatic rings. The number of carbonyl (C=O) groups is 3. The van der Waals surface area contributed by atoms with Crippen molar-refractivity contribution in [2.75, 3.05) is 32.6 Å². The number of nitrogen functional groups attached to an aromatic ring is 1. The number of carbonyl (C=O) groups excluding carboxylic acids is 3. The van der Waals surface area contributed by atoms with Crippen LogP contribution in [0.3, 0.4) is 0 Å². The van der Waals surface area contributed by atoms with E-state index in [1.165, 1.54) is 18.1 Å². The second-order valence-corrected chi connectivity index (χ2v) is 10.1. The van der Waals surface area contributed by atoms with Gasteiger partial charge < -0.3 is 25.3 Å². The maximum atomic E-state index is 14.0. The first-order chi connectivity index (χ1) is 17.4. The van der Waals surface area contributed by atoms with E-state index in [2.05, 4.69) is 5.32 Å². The largest absolute Gasteiger partial charge is 0.460 e. The molecule has 1 aromatic rings. The van der Waals surface area contributed by atoms with Crippen LogP contribution >= 0.6 is 0 Å². The molecule has 0 saturated heterocycles. The van der Waals surface area contributed by atoms with Gasteiger partial charge in [0.2, 0.25) is 0 Å². The van der Waals surface area contributed by atoms with E-state index in [4.69, 9.17) is 19.9 Å². The number of allylic oxidation sites excluding steroid dienone is 2. The van der Waals surface area contributed by atoms with Crippen molar-refractivity contribution in [3.8, 4) is 0 Å². The highest BCUT2D eigenvalue weighted by molar-refractivity contribution is 6.02. The van der Waals surface area contributed by atoms with Crippen molar-refractivity contribution in [2.24, 2.45) is 0 Å². The predicted molar refractivity (Wildman–Crippen MR) is 143 cm³/mol. The van der Waals surface area contributed by atoms with Gasteiger partial charge in [0.05, 0.1) is 17.9 Å². The fourth-order valence-electron chi connectivity index (χ4n) is 3.58. The molecule has 37 heavy (non-hydrogen) atoms. The lowest BCUT2D eigenvalue weighted by atomic mass is 10.0. The molecule has 2 rings (SSSR count). The molecule has 0 heterocycles. The second kappa shape index (κ2) is 13.3. The topological polar surface area (TPSA) is 120 Å². The lowest BCUT2D eigenvalue weighted by molar-refractivity contribution is -0.157. The molecule has 3 N–H and O–H groups in total. The van der Waals surface area contributed by atoms with E-state index in [0.717, 1.165) is 18.4 Å². The Balaban J connectivity index is 2.52. The number of amides is 1. The van der Waals surface area contributed by atoms with E-state index >= 15 is 0 Å².